The van der Waals surface area contributed by atoms with Crippen LogP contribution in [0.3, 0.4) is 0 Å². The maximum absolute atomic E-state index is 9.96. The van der Waals surface area contributed by atoms with Gasteiger partial charge in [-0.25, -0.2) is 0 Å². The molecular formula is C31H43N. The van der Waals surface area contributed by atoms with Crippen LogP contribution < -0.4 is 0 Å². The molecule has 0 aliphatic heterocycles. The third kappa shape index (κ3) is 7.51. The molecule has 0 N–H and O–H groups in total. The Labute approximate surface area is 197 Å². The lowest BCUT2D eigenvalue weighted by atomic mass is 9.68. The minimum Gasteiger partial charge on any atom is -0.198 e. The number of unbranched alkanes of at least 4 members (excludes halogenated alkanes) is 3. The number of rotatable bonds is 13. The largest absolute Gasteiger partial charge is 0.198 e. The Kier molecular flexibility index (Phi) is 10.3. The van der Waals surface area contributed by atoms with Gasteiger partial charge in [-0.1, -0.05) is 119 Å². The van der Waals surface area contributed by atoms with Crippen LogP contribution in [-0.2, 0) is 0 Å². The molecule has 0 saturated heterocycles. The zero-order valence-corrected chi connectivity index (χ0v) is 20.3. The standard InChI is InChI=1S/C31H43N/c1-2-3-12-21-31(22-13-6-14-23-31)24-15-11-16-27(26-32)25-30(28-17-7-4-8-18-28)29-19-9-5-10-20-29/h4-5,7-10,17-20,27,30H,2-3,6,11-16,21-25H2,1H3. The predicted molar refractivity (Wildman–Crippen MR) is 137 cm³/mol. The number of nitriles is 1. The molecule has 1 heteroatoms. The quantitative estimate of drug-likeness (QED) is 0.291. The molecule has 1 nitrogen and oxygen atoms in total. The average Bonchev–Trinajstić information content (AvgIpc) is 2.85. The Bertz CT molecular complexity index is 743. The molecule has 172 valence electrons. The van der Waals surface area contributed by atoms with Gasteiger partial charge in [-0.15, -0.1) is 0 Å². The summed E-state index contributed by atoms with van der Waals surface area (Å²) in [5.41, 5.74) is 3.28. The summed E-state index contributed by atoms with van der Waals surface area (Å²) in [6.07, 6.45) is 18.6. The molecular weight excluding hydrogens is 386 g/mol. The Balaban J connectivity index is 1.55. The van der Waals surface area contributed by atoms with E-state index < -0.39 is 0 Å². The van der Waals surface area contributed by atoms with E-state index in [0.29, 0.717) is 11.3 Å². The second kappa shape index (κ2) is 13.5. The Hall–Kier alpha value is -2.07. The van der Waals surface area contributed by atoms with Gasteiger partial charge in [0.05, 0.1) is 6.07 Å². The van der Waals surface area contributed by atoms with Crippen molar-refractivity contribution in [3.05, 3.63) is 71.8 Å². The van der Waals surface area contributed by atoms with Gasteiger partial charge >= 0.3 is 0 Å². The molecule has 1 aliphatic rings. The third-order valence-corrected chi connectivity index (χ3v) is 7.84. The molecule has 0 radical (unpaired) electrons. The Morgan fingerprint density at radius 3 is 1.88 bits per heavy atom. The fourth-order valence-corrected chi connectivity index (χ4v) is 5.92. The highest BCUT2D eigenvalue weighted by Crippen LogP contribution is 2.45. The van der Waals surface area contributed by atoms with E-state index in [9.17, 15) is 5.26 Å². The van der Waals surface area contributed by atoms with Crippen molar-refractivity contribution in [3.8, 4) is 6.07 Å². The highest BCUT2D eigenvalue weighted by atomic mass is 14.4. The van der Waals surface area contributed by atoms with Crippen LogP contribution >= 0.6 is 0 Å². The van der Waals surface area contributed by atoms with E-state index in [4.69, 9.17) is 0 Å². The van der Waals surface area contributed by atoms with Gasteiger partial charge in [-0.2, -0.15) is 5.26 Å². The van der Waals surface area contributed by atoms with E-state index in [1.54, 1.807) is 0 Å². The van der Waals surface area contributed by atoms with E-state index in [0.717, 1.165) is 12.8 Å². The van der Waals surface area contributed by atoms with Gasteiger partial charge in [-0.3, -0.25) is 0 Å². The van der Waals surface area contributed by atoms with Crippen LogP contribution in [0.1, 0.15) is 114 Å². The topological polar surface area (TPSA) is 23.8 Å². The van der Waals surface area contributed by atoms with Gasteiger partial charge < -0.3 is 0 Å². The first-order valence-electron chi connectivity index (χ1n) is 13.3. The van der Waals surface area contributed by atoms with Crippen molar-refractivity contribution >= 4 is 0 Å². The molecule has 32 heavy (non-hydrogen) atoms. The van der Waals surface area contributed by atoms with Gasteiger partial charge in [-0.05, 0) is 55.1 Å². The summed E-state index contributed by atoms with van der Waals surface area (Å²) in [6, 6.07) is 24.2. The Morgan fingerprint density at radius 2 is 1.34 bits per heavy atom. The third-order valence-electron chi connectivity index (χ3n) is 7.84. The molecule has 0 bridgehead atoms. The van der Waals surface area contributed by atoms with E-state index in [1.807, 2.05) is 0 Å². The smallest absolute Gasteiger partial charge is 0.0656 e. The van der Waals surface area contributed by atoms with Gasteiger partial charge in [0.2, 0.25) is 0 Å². The monoisotopic (exact) mass is 429 g/mol. The number of hydrogen-bond donors (Lipinski definition) is 0. The van der Waals surface area contributed by atoms with E-state index in [1.165, 1.54) is 88.2 Å². The number of hydrogen-bond acceptors (Lipinski definition) is 1. The molecule has 1 atom stereocenters. The van der Waals surface area contributed by atoms with E-state index >= 15 is 0 Å². The summed E-state index contributed by atoms with van der Waals surface area (Å²) in [4.78, 5) is 0. The molecule has 2 aromatic carbocycles. The van der Waals surface area contributed by atoms with Crippen LogP contribution in [-0.4, -0.2) is 0 Å². The summed E-state index contributed by atoms with van der Waals surface area (Å²) >= 11 is 0. The minimum atomic E-state index is 0.128. The van der Waals surface area contributed by atoms with Crippen molar-refractivity contribution in [2.24, 2.45) is 11.3 Å². The molecule has 1 saturated carbocycles. The molecule has 1 aliphatic carbocycles. The summed E-state index contributed by atoms with van der Waals surface area (Å²) in [7, 11) is 0. The van der Waals surface area contributed by atoms with Crippen LogP contribution in [0, 0.1) is 22.7 Å². The van der Waals surface area contributed by atoms with Gasteiger partial charge in [0, 0.05) is 11.8 Å². The summed E-state index contributed by atoms with van der Waals surface area (Å²) in [5.74, 6) is 0.434. The predicted octanol–water partition coefficient (Wildman–Crippen LogP) is 9.44. The van der Waals surface area contributed by atoms with Crippen molar-refractivity contribution in [1.29, 1.82) is 5.26 Å². The maximum atomic E-state index is 9.96. The van der Waals surface area contributed by atoms with Crippen LogP contribution in [0.4, 0.5) is 0 Å². The zero-order chi connectivity index (χ0) is 22.5. The lowest BCUT2D eigenvalue weighted by molar-refractivity contribution is 0.146. The molecule has 1 unspecified atom stereocenters. The Morgan fingerprint density at radius 1 is 0.781 bits per heavy atom. The van der Waals surface area contributed by atoms with Crippen LogP contribution in [0.25, 0.3) is 0 Å². The van der Waals surface area contributed by atoms with Crippen LogP contribution in [0.5, 0.6) is 0 Å². The average molecular weight is 430 g/mol. The lowest BCUT2D eigenvalue weighted by Crippen LogP contribution is -2.24. The van der Waals surface area contributed by atoms with Crippen molar-refractivity contribution in [2.75, 3.05) is 0 Å². The molecule has 0 heterocycles. The first kappa shape index (κ1) is 24.6. The fourth-order valence-electron chi connectivity index (χ4n) is 5.92. The van der Waals surface area contributed by atoms with E-state index in [2.05, 4.69) is 73.7 Å². The second-order valence-electron chi connectivity index (χ2n) is 10.2. The lowest BCUT2D eigenvalue weighted by Gasteiger charge is -2.38. The second-order valence-corrected chi connectivity index (χ2v) is 10.2. The number of nitrogens with zero attached hydrogens (tertiary/aromatic N) is 1. The fraction of sp³-hybridized carbons (Fsp3) is 0.581. The summed E-state index contributed by atoms with van der Waals surface area (Å²) < 4.78 is 0. The molecule has 0 spiro atoms. The van der Waals surface area contributed by atoms with Gasteiger partial charge in [0.25, 0.3) is 0 Å². The number of benzene rings is 2. The maximum Gasteiger partial charge on any atom is 0.0656 e. The van der Waals surface area contributed by atoms with Gasteiger partial charge in [0.15, 0.2) is 0 Å². The summed E-state index contributed by atoms with van der Waals surface area (Å²) in [6.45, 7) is 2.31. The van der Waals surface area contributed by atoms with Crippen molar-refractivity contribution in [2.45, 2.75) is 103 Å². The highest BCUT2D eigenvalue weighted by molar-refractivity contribution is 5.32. The van der Waals surface area contributed by atoms with Gasteiger partial charge in [0.1, 0.15) is 0 Å². The molecule has 0 amide bonds. The zero-order valence-electron chi connectivity index (χ0n) is 20.3. The summed E-state index contributed by atoms with van der Waals surface area (Å²) in [5, 5.41) is 9.96. The SMILES string of the molecule is CCCCCC1(CCCCC(C#N)CC(c2ccccc2)c2ccccc2)CCCCC1. The first-order chi connectivity index (χ1) is 15.8. The van der Waals surface area contributed by atoms with E-state index in [-0.39, 0.29) is 5.92 Å². The minimum absolute atomic E-state index is 0.128. The van der Waals surface area contributed by atoms with Crippen molar-refractivity contribution < 1.29 is 0 Å². The van der Waals surface area contributed by atoms with Crippen molar-refractivity contribution in [1.82, 2.24) is 0 Å². The molecule has 1 fully saturated rings. The molecule has 0 aromatic heterocycles. The highest BCUT2D eigenvalue weighted by Gasteiger charge is 2.30. The molecule has 3 rings (SSSR count). The van der Waals surface area contributed by atoms with Crippen molar-refractivity contribution in [3.63, 3.8) is 0 Å². The first-order valence-corrected chi connectivity index (χ1v) is 13.3. The van der Waals surface area contributed by atoms with Crippen LogP contribution in [0.2, 0.25) is 0 Å². The molecule has 2 aromatic rings. The normalized spacial score (nSPS) is 16.5. The van der Waals surface area contributed by atoms with Crippen LogP contribution in [0.15, 0.2) is 60.7 Å².